The molecule has 5 nitrogen and oxygen atoms in total. The lowest BCUT2D eigenvalue weighted by Crippen LogP contribution is -2.14. The molecule has 6 heteroatoms. The Morgan fingerprint density at radius 3 is 3.00 bits per heavy atom. The molecular weight excluding hydrogens is 227 g/mol. The van der Waals surface area contributed by atoms with E-state index in [1.54, 1.807) is 0 Å². The summed E-state index contributed by atoms with van der Waals surface area (Å²) in [6, 6.07) is 3.49. The second kappa shape index (κ2) is 5.09. The summed E-state index contributed by atoms with van der Waals surface area (Å²) in [6.07, 6.45) is 0.963. The molecule has 0 saturated carbocycles. The molecule has 1 N–H and O–H groups in total. The average molecular weight is 240 g/mol. The van der Waals surface area contributed by atoms with Crippen molar-refractivity contribution in [1.82, 2.24) is 0 Å². The number of rotatable bonds is 4. The van der Waals surface area contributed by atoms with Gasteiger partial charge in [-0.3, -0.25) is 10.1 Å². The van der Waals surface area contributed by atoms with E-state index in [4.69, 9.17) is 4.74 Å². The van der Waals surface area contributed by atoms with Gasteiger partial charge >= 0.3 is 0 Å². The van der Waals surface area contributed by atoms with Crippen LogP contribution in [0.25, 0.3) is 0 Å². The van der Waals surface area contributed by atoms with Crippen molar-refractivity contribution in [2.75, 3.05) is 25.1 Å². The van der Waals surface area contributed by atoms with Crippen LogP contribution in [0.4, 0.5) is 15.8 Å². The Bertz CT molecular complexity index is 419. The van der Waals surface area contributed by atoms with Gasteiger partial charge in [0, 0.05) is 30.8 Å². The van der Waals surface area contributed by atoms with Gasteiger partial charge in [0.1, 0.15) is 5.82 Å². The fourth-order valence-electron chi connectivity index (χ4n) is 1.79. The summed E-state index contributed by atoms with van der Waals surface area (Å²) in [5, 5.41) is 13.6. The second-order valence-corrected chi connectivity index (χ2v) is 4.07. The number of ether oxygens (including phenoxy) is 1. The van der Waals surface area contributed by atoms with Crippen LogP contribution in [0.5, 0.6) is 0 Å². The normalized spacial score (nSPS) is 19.2. The van der Waals surface area contributed by atoms with Crippen molar-refractivity contribution >= 4 is 11.4 Å². The van der Waals surface area contributed by atoms with Gasteiger partial charge in [-0.05, 0) is 12.5 Å². The van der Waals surface area contributed by atoms with Crippen LogP contribution in [-0.2, 0) is 4.74 Å². The van der Waals surface area contributed by atoms with E-state index in [0.717, 1.165) is 19.1 Å². The Labute approximate surface area is 97.7 Å². The molecule has 1 aromatic carbocycles. The van der Waals surface area contributed by atoms with Gasteiger partial charge in [0.15, 0.2) is 0 Å². The van der Waals surface area contributed by atoms with Crippen molar-refractivity contribution in [2.24, 2.45) is 5.92 Å². The highest BCUT2D eigenvalue weighted by atomic mass is 19.1. The molecule has 0 aromatic heterocycles. The quantitative estimate of drug-likeness (QED) is 0.647. The lowest BCUT2D eigenvalue weighted by Gasteiger charge is -2.10. The highest BCUT2D eigenvalue weighted by Gasteiger charge is 2.16. The monoisotopic (exact) mass is 240 g/mol. The van der Waals surface area contributed by atoms with Crippen molar-refractivity contribution in [3.05, 3.63) is 34.1 Å². The van der Waals surface area contributed by atoms with E-state index in [1.807, 2.05) is 0 Å². The maximum absolute atomic E-state index is 13.1. The minimum atomic E-state index is -0.607. The Balaban J connectivity index is 2.01. The first kappa shape index (κ1) is 11.8. The number of nitro groups is 1. The van der Waals surface area contributed by atoms with E-state index in [2.05, 4.69) is 5.32 Å². The predicted octanol–water partition coefficient (Wildman–Crippen LogP) is 2.18. The molecule has 1 heterocycles. The summed E-state index contributed by atoms with van der Waals surface area (Å²) >= 11 is 0. The van der Waals surface area contributed by atoms with Gasteiger partial charge < -0.3 is 10.1 Å². The zero-order valence-electron chi connectivity index (χ0n) is 9.19. The van der Waals surface area contributed by atoms with Crippen LogP contribution in [0, 0.1) is 21.8 Å². The second-order valence-electron chi connectivity index (χ2n) is 4.07. The van der Waals surface area contributed by atoms with Crippen molar-refractivity contribution in [3.8, 4) is 0 Å². The van der Waals surface area contributed by atoms with E-state index >= 15 is 0 Å². The molecule has 92 valence electrons. The molecule has 1 saturated heterocycles. The fourth-order valence-corrected chi connectivity index (χ4v) is 1.79. The van der Waals surface area contributed by atoms with Crippen LogP contribution in [0.3, 0.4) is 0 Å². The van der Waals surface area contributed by atoms with Gasteiger partial charge in [0.05, 0.1) is 17.6 Å². The first-order chi connectivity index (χ1) is 8.15. The van der Waals surface area contributed by atoms with Crippen molar-refractivity contribution in [3.63, 3.8) is 0 Å². The maximum atomic E-state index is 13.1. The molecule has 1 aromatic rings. The summed E-state index contributed by atoms with van der Waals surface area (Å²) < 4.78 is 18.3. The summed E-state index contributed by atoms with van der Waals surface area (Å²) in [4.78, 5) is 9.95. The third kappa shape index (κ3) is 3.13. The zero-order chi connectivity index (χ0) is 12.3. The molecule has 1 atom stereocenters. The van der Waals surface area contributed by atoms with Crippen LogP contribution < -0.4 is 5.32 Å². The first-order valence-electron chi connectivity index (χ1n) is 5.42. The largest absolute Gasteiger partial charge is 0.384 e. The Morgan fingerprint density at radius 1 is 1.53 bits per heavy atom. The summed E-state index contributed by atoms with van der Waals surface area (Å²) in [6.45, 7) is 2.07. The number of halogens is 1. The summed E-state index contributed by atoms with van der Waals surface area (Å²) in [7, 11) is 0. The molecule has 0 radical (unpaired) electrons. The number of nitrogens with one attached hydrogen (secondary N) is 1. The Morgan fingerprint density at radius 2 is 2.35 bits per heavy atom. The molecule has 2 rings (SSSR count). The maximum Gasteiger partial charge on any atom is 0.274 e. The van der Waals surface area contributed by atoms with Crippen LogP contribution >= 0.6 is 0 Å². The molecule has 0 bridgehead atoms. The minimum Gasteiger partial charge on any atom is -0.384 e. The highest BCUT2D eigenvalue weighted by molar-refractivity contribution is 5.51. The molecule has 0 amide bonds. The van der Waals surface area contributed by atoms with Crippen molar-refractivity contribution in [2.45, 2.75) is 6.42 Å². The number of hydrogen-bond donors (Lipinski definition) is 1. The van der Waals surface area contributed by atoms with Crippen LogP contribution in [-0.4, -0.2) is 24.7 Å². The molecule has 1 unspecified atom stereocenters. The smallest absolute Gasteiger partial charge is 0.274 e. The van der Waals surface area contributed by atoms with Gasteiger partial charge in [-0.1, -0.05) is 0 Å². The molecule has 0 spiro atoms. The molecule has 1 aliphatic heterocycles. The van der Waals surface area contributed by atoms with Gasteiger partial charge in [-0.15, -0.1) is 0 Å². The lowest BCUT2D eigenvalue weighted by atomic mass is 10.1. The standard InChI is InChI=1S/C11H13FN2O3/c12-9-3-10(5-11(4-9)14(15)16)13-6-8-1-2-17-7-8/h3-5,8,13H,1-2,6-7H2. The Kier molecular flexibility index (Phi) is 3.53. The third-order valence-electron chi connectivity index (χ3n) is 2.71. The van der Waals surface area contributed by atoms with E-state index in [9.17, 15) is 14.5 Å². The zero-order valence-corrected chi connectivity index (χ0v) is 9.19. The van der Waals surface area contributed by atoms with Gasteiger partial charge in [0.25, 0.3) is 5.69 Å². The number of nitro benzene ring substituents is 1. The van der Waals surface area contributed by atoms with E-state index in [1.165, 1.54) is 12.1 Å². The SMILES string of the molecule is O=[N+]([O-])c1cc(F)cc(NCC2CCOC2)c1. The molecule has 17 heavy (non-hydrogen) atoms. The van der Waals surface area contributed by atoms with Crippen LogP contribution in [0.1, 0.15) is 6.42 Å². The molecule has 0 aliphatic carbocycles. The van der Waals surface area contributed by atoms with Crippen LogP contribution in [0.2, 0.25) is 0 Å². The van der Waals surface area contributed by atoms with Gasteiger partial charge in [-0.2, -0.15) is 0 Å². The minimum absolute atomic E-state index is 0.241. The van der Waals surface area contributed by atoms with E-state index in [-0.39, 0.29) is 5.69 Å². The molecular formula is C11H13FN2O3. The lowest BCUT2D eigenvalue weighted by molar-refractivity contribution is -0.385. The first-order valence-corrected chi connectivity index (χ1v) is 5.42. The number of benzene rings is 1. The number of nitrogens with zero attached hydrogens (tertiary/aromatic N) is 1. The van der Waals surface area contributed by atoms with E-state index in [0.29, 0.717) is 24.8 Å². The van der Waals surface area contributed by atoms with Crippen LogP contribution in [0.15, 0.2) is 18.2 Å². The topological polar surface area (TPSA) is 64.4 Å². The Hall–Kier alpha value is -1.69. The highest BCUT2D eigenvalue weighted by Crippen LogP contribution is 2.21. The van der Waals surface area contributed by atoms with E-state index < -0.39 is 10.7 Å². The fraction of sp³-hybridized carbons (Fsp3) is 0.455. The summed E-state index contributed by atoms with van der Waals surface area (Å²) in [5.74, 6) is -0.221. The predicted molar refractivity (Wildman–Crippen MR) is 60.5 cm³/mol. The summed E-state index contributed by atoms with van der Waals surface area (Å²) in [5.41, 5.74) is 0.193. The number of non-ortho nitro benzene ring substituents is 1. The van der Waals surface area contributed by atoms with Crippen molar-refractivity contribution in [1.29, 1.82) is 0 Å². The van der Waals surface area contributed by atoms with Gasteiger partial charge in [0.2, 0.25) is 0 Å². The molecule has 1 aliphatic rings. The third-order valence-corrected chi connectivity index (χ3v) is 2.71. The number of anilines is 1. The van der Waals surface area contributed by atoms with Crippen molar-refractivity contribution < 1.29 is 14.1 Å². The van der Waals surface area contributed by atoms with Gasteiger partial charge in [-0.25, -0.2) is 4.39 Å². The molecule has 1 fully saturated rings. The number of hydrogen-bond acceptors (Lipinski definition) is 4. The average Bonchev–Trinajstić information content (AvgIpc) is 2.78.